The minimum atomic E-state index is -1.16. The number of likely N-dealkylation sites (N-methyl/N-ethyl adjacent to an activating group) is 1. The van der Waals surface area contributed by atoms with Crippen molar-refractivity contribution in [2.45, 2.75) is 123 Å². The van der Waals surface area contributed by atoms with Gasteiger partial charge < -0.3 is 33.7 Å². The number of aliphatic hydroxyl groups is 1. The molecule has 0 aromatic carbocycles. The summed E-state index contributed by atoms with van der Waals surface area (Å²) in [5.74, 6) is -4.39. The lowest BCUT2D eigenvalue weighted by Crippen LogP contribution is -2.59. The highest BCUT2D eigenvalue weighted by atomic mass is 16.7. The molecule has 246 valence electrons. The number of rotatable bonds is 5. The van der Waals surface area contributed by atoms with Gasteiger partial charge in [-0.3, -0.25) is 14.4 Å². The van der Waals surface area contributed by atoms with Crippen LogP contribution in [-0.4, -0.2) is 103 Å². The molecular weight excluding hydrogens is 554 g/mol. The van der Waals surface area contributed by atoms with Gasteiger partial charge in [0.25, 0.3) is 0 Å². The standard InChI is InChI=1S/C33H55NO9/c1-13-24-33(9)25(18(3)16-40-33)20(5)26(35)17(2)15-32(8,39-12)29(21(6)27(36)22(7)30(38)42-24)43-31-28(37)23(34(10)11)14-19(4)41-31/h17,19-25,28-29,31,37H,3,13-16H2,1-2,4-12H3/t17?,19-,20?,21+,22?,23+,24-,25+,28-,29-,31+,32-,33-/m1/s1. The summed E-state index contributed by atoms with van der Waals surface area (Å²) in [4.78, 5) is 43.5. The smallest absolute Gasteiger partial charge is 0.316 e. The molecule has 0 saturated carbocycles. The van der Waals surface area contributed by atoms with Crippen LogP contribution in [0.25, 0.3) is 0 Å². The number of fused-ring (bicyclic) bond motifs is 1. The van der Waals surface area contributed by atoms with Crippen molar-refractivity contribution in [2.75, 3.05) is 27.8 Å². The van der Waals surface area contributed by atoms with Crippen LogP contribution in [-0.2, 0) is 38.1 Å². The topological polar surface area (TPSA) is 121 Å². The fourth-order valence-corrected chi connectivity index (χ4v) is 7.71. The van der Waals surface area contributed by atoms with Crippen LogP contribution in [0, 0.1) is 29.6 Å². The SMILES string of the molecule is C=C1CO[C@]2(C)[C@@H](CC)OC(=O)C(C)C(=O)[C@H](C)[C@@H](O[C@@H]3O[C@H](C)C[C@H](N(C)C)[C@H]3O)[C@](C)(OC)CC(C)C(=O)C(C)[C@H]12. The van der Waals surface area contributed by atoms with Crippen molar-refractivity contribution in [2.24, 2.45) is 29.6 Å². The summed E-state index contributed by atoms with van der Waals surface area (Å²) in [6.45, 7) is 18.9. The lowest BCUT2D eigenvalue weighted by molar-refractivity contribution is -0.295. The molecule has 3 rings (SSSR count). The number of aliphatic hydroxyl groups excluding tert-OH is 1. The van der Waals surface area contributed by atoms with Crippen LogP contribution in [0.4, 0.5) is 0 Å². The number of methoxy groups -OCH3 is 1. The molecule has 1 N–H and O–H groups in total. The first kappa shape index (κ1) is 35.8. The van der Waals surface area contributed by atoms with Crippen LogP contribution >= 0.6 is 0 Å². The third-order valence-electron chi connectivity index (χ3n) is 10.3. The van der Waals surface area contributed by atoms with Gasteiger partial charge in [-0.05, 0) is 66.6 Å². The Labute approximate surface area is 257 Å². The van der Waals surface area contributed by atoms with Crippen LogP contribution in [0.3, 0.4) is 0 Å². The highest BCUT2D eigenvalue weighted by molar-refractivity contribution is 6.00. The fourth-order valence-electron chi connectivity index (χ4n) is 7.71. The second-order valence-corrected chi connectivity index (χ2v) is 13.8. The number of nitrogens with zero attached hydrogens (tertiary/aromatic N) is 1. The molecular formula is C33H55NO9. The Kier molecular flexibility index (Phi) is 11.4. The van der Waals surface area contributed by atoms with Crippen molar-refractivity contribution in [3.63, 3.8) is 0 Å². The number of carbonyl (C=O) groups excluding carboxylic acids is 3. The van der Waals surface area contributed by atoms with E-state index in [1.165, 1.54) is 7.11 Å². The van der Waals surface area contributed by atoms with Crippen molar-refractivity contribution >= 4 is 17.5 Å². The lowest BCUT2D eigenvalue weighted by Gasteiger charge is -2.47. The van der Waals surface area contributed by atoms with E-state index in [2.05, 4.69) is 6.58 Å². The molecule has 0 radical (unpaired) electrons. The minimum Gasteiger partial charge on any atom is -0.459 e. The van der Waals surface area contributed by atoms with E-state index in [1.807, 2.05) is 60.5 Å². The monoisotopic (exact) mass is 609 g/mol. The van der Waals surface area contributed by atoms with Gasteiger partial charge in [-0.15, -0.1) is 0 Å². The van der Waals surface area contributed by atoms with E-state index < -0.39 is 71.2 Å². The van der Waals surface area contributed by atoms with E-state index in [4.69, 9.17) is 23.7 Å². The first-order chi connectivity index (χ1) is 19.9. The molecule has 10 heteroatoms. The average Bonchev–Trinajstić information content (AvgIpc) is 3.27. The number of hydrogen-bond acceptors (Lipinski definition) is 10. The summed E-state index contributed by atoms with van der Waals surface area (Å²) in [5.41, 5.74) is -1.36. The van der Waals surface area contributed by atoms with E-state index in [0.717, 1.165) is 5.57 Å². The molecule has 3 heterocycles. The first-order valence-electron chi connectivity index (χ1n) is 15.7. The molecule has 0 aromatic rings. The molecule has 3 aliphatic heterocycles. The largest absolute Gasteiger partial charge is 0.459 e. The predicted octanol–water partition coefficient (Wildman–Crippen LogP) is 3.57. The molecule has 0 bridgehead atoms. The number of Topliss-reactive ketones (excluding diaryl/α,β-unsaturated/α-hetero) is 2. The highest BCUT2D eigenvalue weighted by Gasteiger charge is 2.55. The summed E-state index contributed by atoms with van der Waals surface area (Å²) in [7, 11) is 5.29. The molecule has 3 unspecified atom stereocenters. The van der Waals surface area contributed by atoms with Gasteiger partial charge in [-0.2, -0.15) is 0 Å². The van der Waals surface area contributed by atoms with Gasteiger partial charge in [0, 0.05) is 36.8 Å². The Bertz CT molecular complexity index is 1050. The average molecular weight is 610 g/mol. The second-order valence-electron chi connectivity index (χ2n) is 13.8. The number of hydrogen-bond donors (Lipinski definition) is 1. The molecule has 0 amide bonds. The Hall–Kier alpha value is -1.69. The Morgan fingerprint density at radius 3 is 2.23 bits per heavy atom. The summed E-state index contributed by atoms with van der Waals surface area (Å²) < 4.78 is 30.9. The maximum absolute atomic E-state index is 14.1. The number of carbonyl (C=O) groups is 3. The molecule has 0 spiro atoms. The molecule has 3 saturated heterocycles. The second kappa shape index (κ2) is 13.7. The zero-order chi connectivity index (χ0) is 32.6. The summed E-state index contributed by atoms with van der Waals surface area (Å²) >= 11 is 0. The van der Waals surface area contributed by atoms with E-state index in [0.29, 0.717) is 12.8 Å². The van der Waals surface area contributed by atoms with Crippen LogP contribution < -0.4 is 0 Å². The predicted molar refractivity (Wildman–Crippen MR) is 161 cm³/mol. The van der Waals surface area contributed by atoms with Crippen molar-refractivity contribution < 1.29 is 43.2 Å². The number of ketones is 2. The molecule has 10 nitrogen and oxygen atoms in total. The molecule has 0 aromatic heterocycles. The summed E-state index contributed by atoms with van der Waals surface area (Å²) in [6.07, 6.45) is -2.63. The van der Waals surface area contributed by atoms with Crippen molar-refractivity contribution in [3.8, 4) is 0 Å². The van der Waals surface area contributed by atoms with Gasteiger partial charge in [0.15, 0.2) is 12.1 Å². The van der Waals surface area contributed by atoms with Gasteiger partial charge in [-0.25, -0.2) is 0 Å². The van der Waals surface area contributed by atoms with Gasteiger partial charge in [-0.1, -0.05) is 34.3 Å². The minimum absolute atomic E-state index is 0.00858. The fraction of sp³-hybridized carbons (Fsp3) is 0.848. The summed E-state index contributed by atoms with van der Waals surface area (Å²) in [5, 5.41) is 11.3. The van der Waals surface area contributed by atoms with Crippen molar-refractivity contribution in [1.82, 2.24) is 4.90 Å². The third kappa shape index (κ3) is 6.94. The molecule has 3 fully saturated rings. The number of ether oxygens (including phenoxy) is 5. The maximum atomic E-state index is 14.1. The Morgan fingerprint density at radius 2 is 1.67 bits per heavy atom. The Balaban J connectivity index is 2.10. The lowest BCUT2D eigenvalue weighted by atomic mass is 9.69. The molecule has 0 aliphatic carbocycles. The van der Waals surface area contributed by atoms with Crippen molar-refractivity contribution in [1.29, 1.82) is 0 Å². The molecule has 13 atom stereocenters. The van der Waals surface area contributed by atoms with Gasteiger partial charge >= 0.3 is 5.97 Å². The first-order valence-corrected chi connectivity index (χ1v) is 15.7. The van der Waals surface area contributed by atoms with E-state index >= 15 is 0 Å². The normalized spacial score (nSPS) is 45.6. The van der Waals surface area contributed by atoms with Gasteiger partial charge in [0.2, 0.25) is 0 Å². The highest BCUT2D eigenvalue weighted by Crippen LogP contribution is 2.46. The Morgan fingerprint density at radius 1 is 1.05 bits per heavy atom. The zero-order valence-electron chi connectivity index (χ0n) is 28.0. The van der Waals surface area contributed by atoms with Gasteiger partial charge in [0.1, 0.15) is 29.5 Å². The zero-order valence-corrected chi connectivity index (χ0v) is 28.0. The van der Waals surface area contributed by atoms with E-state index in [-0.39, 0.29) is 36.9 Å². The quantitative estimate of drug-likeness (QED) is 0.281. The van der Waals surface area contributed by atoms with Crippen LogP contribution in [0.15, 0.2) is 12.2 Å². The number of cyclic esters (lactones) is 1. The van der Waals surface area contributed by atoms with E-state index in [9.17, 15) is 19.5 Å². The van der Waals surface area contributed by atoms with Crippen molar-refractivity contribution in [3.05, 3.63) is 12.2 Å². The maximum Gasteiger partial charge on any atom is 0.316 e. The van der Waals surface area contributed by atoms with Gasteiger partial charge in [0.05, 0.1) is 24.4 Å². The van der Waals surface area contributed by atoms with E-state index in [1.54, 1.807) is 13.8 Å². The molecule has 43 heavy (non-hydrogen) atoms. The molecule has 3 aliphatic rings. The van der Waals surface area contributed by atoms with Crippen LogP contribution in [0.1, 0.15) is 74.7 Å². The number of esters is 1. The summed E-state index contributed by atoms with van der Waals surface area (Å²) in [6, 6.07) is -0.232. The third-order valence-corrected chi connectivity index (χ3v) is 10.3. The van der Waals surface area contributed by atoms with Crippen LogP contribution in [0.5, 0.6) is 0 Å². The van der Waals surface area contributed by atoms with Crippen LogP contribution in [0.2, 0.25) is 0 Å².